The van der Waals surface area contributed by atoms with Gasteiger partial charge in [0.25, 0.3) is 0 Å². The van der Waals surface area contributed by atoms with Gasteiger partial charge in [-0.1, -0.05) is 18.9 Å². The lowest BCUT2D eigenvalue weighted by molar-refractivity contribution is 0.199. The monoisotopic (exact) mass is 300 g/mol. The minimum atomic E-state index is -0.387. The molecular formula is C13H17BrOS. The molecule has 1 aromatic carbocycles. The maximum Gasteiger partial charge on any atom is 0.0762 e. The third kappa shape index (κ3) is 3.02. The van der Waals surface area contributed by atoms with Crippen LogP contribution in [0.2, 0.25) is 0 Å². The fourth-order valence-electron chi connectivity index (χ4n) is 2.06. The molecule has 0 amide bonds. The van der Waals surface area contributed by atoms with Crippen LogP contribution in [0.5, 0.6) is 0 Å². The smallest absolute Gasteiger partial charge is 0.0762 e. The first-order valence-electron chi connectivity index (χ1n) is 5.81. The molecule has 1 aromatic rings. The fraction of sp³-hybridized carbons (Fsp3) is 0.538. The first-order valence-corrected chi connectivity index (χ1v) is 7.48. The van der Waals surface area contributed by atoms with E-state index >= 15 is 0 Å². The summed E-state index contributed by atoms with van der Waals surface area (Å²) in [6, 6.07) is 6.17. The van der Waals surface area contributed by atoms with Crippen LogP contribution in [0.3, 0.4) is 0 Å². The molecule has 88 valence electrons. The number of thioether (sulfide) groups is 1. The van der Waals surface area contributed by atoms with E-state index in [9.17, 15) is 5.11 Å². The fourth-order valence-corrected chi connectivity index (χ4v) is 3.98. The van der Waals surface area contributed by atoms with Crippen molar-refractivity contribution in [1.29, 1.82) is 0 Å². The molecule has 0 heterocycles. The lowest BCUT2D eigenvalue weighted by atomic mass is 10.1. The zero-order valence-corrected chi connectivity index (χ0v) is 11.9. The Balaban J connectivity index is 2.09. The molecule has 1 saturated carbocycles. The predicted octanol–water partition coefficient (Wildman–Crippen LogP) is 4.54. The van der Waals surface area contributed by atoms with E-state index < -0.39 is 0 Å². The first-order chi connectivity index (χ1) is 7.66. The summed E-state index contributed by atoms with van der Waals surface area (Å²) in [5, 5.41) is 10.3. The van der Waals surface area contributed by atoms with Crippen LogP contribution in [0, 0.1) is 0 Å². The van der Waals surface area contributed by atoms with Crippen molar-refractivity contribution in [1.82, 2.24) is 0 Å². The van der Waals surface area contributed by atoms with Gasteiger partial charge in [-0.15, -0.1) is 11.8 Å². The molecule has 1 nitrogen and oxygen atoms in total. The second-order valence-corrected chi connectivity index (χ2v) is 6.59. The minimum absolute atomic E-state index is 0.387. The molecule has 1 aliphatic carbocycles. The standard InChI is InChI=1S/C13H17BrOS/c1-9(15)10-6-7-13(12(14)8-10)16-11-4-2-3-5-11/h6-9,11,15H,2-5H2,1H3. The molecule has 0 bridgehead atoms. The molecule has 1 aliphatic rings. The first kappa shape index (κ1) is 12.5. The highest BCUT2D eigenvalue weighted by Crippen LogP contribution is 2.38. The zero-order valence-electron chi connectivity index (χ0n) is 9.45. The zero-order chi connectivity index (χ0) is 11.5. The Morgan fingerprint density at radius 3 is 2.62 bits per heavy atom. The summed E-state index contributed by atoms with van der Waals surface area (Å²) in [5.74, 6) is 0. The van der Waals surface area contributed by atoms with Crippen LogP contribution >= 0.6 is 27.7 Å². The predicted molar refractivity (Wildman–Crippen MR) is 72.9 cm³/mol. The van der Waals surface area contributed by atoms with E-state index in [2.05, 4.69) is 22.0 Å². The number of hydrogen-bond acceptors (Lipinski definition) is 2. The van der Waals surface area contributed by atoms with Crippen molar-refractivity contribution < 1.29 is 5.11 Å². The Morgan fingerprint density at radius 1 is 1.38 bits per heavy atom. The molecule has 0 spiro atoms. The van der Waals surface area contributed by atoms with Gasteiger partial charge in [-0.05, 0) is 53.4 Å². The van der Waals surface area contributed by atoms with E-state index in [1.54, 1.807) is 6.92 Å². The van der Waals surface area contributed by atoms with Crippen LogP contribution in [0.15, 0.2) is 27.6 Å². The maximum atomic E-state index is 9.50. The number of hydrogen-bond donors (Lipinski definition) is 1. The highest BCUT2D eigenvalue weighted by Gasteiger charge is 2.17. The quantitative estimate of drug-likeness (QED) is 0.884. The van der Waals surface area contributed by atoms with Gasteiger partial charge in [-0.2, -0.15) is 0 Å². The molecule has 0 aromatic heterocycles. The summed E-state index contributed by atoms with van der Waals surface area (Å²) >= 11 is 5.56. The number of rotatable bonds is 3. The van der Waals surface area contributed by atoms with Gasteiger partial charge in [-0.25, -0.2) is 0 Å². The third-order valence-corrected chi connectivity index (χ3v) is 5.37. The van der Waals surface area contributed by atoms with Crippen molar-refractivity contribution in [2.24, 2.45) is 0 Å². The van der Waals surface area contributed by atoms with Crippen LogP contribution in [0.1, 0.15) is 44.3 Å². The van der Waals surface area contributed by atoms with Crippen LogP contribution < -0.4 is 0 Å². The van der Waals surface area contributed by atoms with Crippen LogP contribution in [-0.4, -0.2) is 10.4 Å². The number of aliphatic hydroxyl groups is 1. The second kappa shape index (κ2) is 5.56. The van der Waals surface area contributed by atoms with Gasteiger partial charge in [0.05, 0.1) is 6.10 Å². The number of halogens is 1. The Hall–Kier alpha value is 0.01000. The highest BCUT2D eigenvalue weighted by atomic mass is 79.9. The van der Waals surface area contributed by atoms with E-state index in [-0.39, 0.29) is 6.10 Å². The molecule has 2 rings (SSSR count). The van der Waals surface area contributed by atoms with Crippen LogP contribution in [0.4, 0.5) is 0 Å². The lowest BCUT2D eigenvalue weighted by Gasteiger charge is -2.12. The van der Waals surface area contributed by atoms with E-state index in [0.29, 0.717) is 0 Å². The van der Waals surface area contributed by atoms with Gasteiger partial charge in [-0.3, -0.25) is 0 Å². The molecule has 16 heavy (non-hydrogen) atoms. The average molecular weight is 301 g/mol. The van der Waals surface area contributed by atoms with Gasteiger partial charge < -0.3 is 5.11 Å². The summed E-state index contributed by atoms with van der Waals surface area (Å²) in [6.07, 6.45) is 5.05. The molecule has 1 N–H and O–H groups in total. The van der Waals surface area contributed by atoms with Crippen LogP contribution in [0.25, 0.3) is 0 Å². The lowest BCUT2D eigenvalue weighted by Crippen LogP contribution is -1.95. The Bertz CT molecular complexity index is 359. The Labute approximate surface area is 110 Å². The van der Waals surface area contributed by atoms with Crippen LogP contribution in [-0.2, 0) is 0 Å². The third-order valence-electron chi connectivity index (χ3n) is 3.03. The van der Waals surface area contributed by atoms with Gasteiger partial charge in [0.15, 0.2) is 0 Å². The van der Waals surface area contributed by atoms with Crippen molar-refractivity contribution in [3.63, 3.8) is 0 Å². The summed E-state index contributed by atoms with van der Waals surface area (Å²) < 4.78 is 1.11. The van der Waals surface area contributed by atoms with Crippen molar-refractivity contribution in [2.75, 3.05) is 0 Å². The summed E-state index contributed by atoms with van der Waals surface area (Å²) in [7, 11) is 0. The van der Waals surface area contributed by atoms with E-state index in [1.807, 2.05) is 23.9 Å². The van der Waals surface area contributed by atoms with E-state index in [1.165, 1.54) is 30.6 Å². The Kier molecular flexibility index (Phi) is 4.34. The summed E-state index contributed by atoms with van der Waals surface area (Å²) in [6.45, 7) is 1.80. The second-order valence-electron chi connectivity index (χ2n) is 4.39. The molecule has 1 fully saturated rings. The maximum absolute atomic E-state index is 9.50. The molecule has 0 aliphatic heterocycles. The summed E-state index contributed by atoms with van der Waals surface area (Å²) in [5.41, 5.74) is 0.975. The molecule has 0 saturated heterocycles. The van der Waals surface area contributed by atoms with Gasteiger partial charge in [0, 0.05) is 14.6 Å². The molecular weight excluding hydrogens is 284 g/mol. The van der Waals surface area contributed by atoms with Crippen molar-refractivity contribution >= 4 is 27.7 Å². The topological polar surface area (TPSA) is 20.2 Å². The number of benzene rings is 1. The van der Waals surface area contributed by atoms with Crippen molar-refractivity contribution in [2.45, 2.75) is 48.9 Å². The normalized spacial score (nSPS) is 18.9. The highest BCUT2D eigenvalue weighted by molar-refractivity contribution is 9.10. The van der Waals surface area contributed by atoms with E-state index in [4.69, 9.17) is 0 Å². The largest absolute Gasteiger partial charge is 0.389 e. The van der Waals surface area contributed by atoms with E-state index in [0.717, 1.165) is 15.3 Å². The van der Waals surface area contributed by atoms with Gasteiger partial charge in [0.1, 0.15) is 0 Å². The average Bonchev–Trinajstić information content (AvgIpc) is 2.73. The molecule has 3 heteroatoms. The SMILES string of the molecule is CC(O)c1ccc(SC2CCCC2)c(Br)c1. The summed E-state index contributed by atoms with van der Waals surface area (Å²) in [4.78, 5) is 1.30. The molecule has 0 radical (unpaired) electrons. The number of aliphatic hydroxyl groups excluding tert-OH is 1. The molecule has 1 unspecified atom stereocenters. The molecule has 1 atom stereocenters. The Morgan fingerprint density at radius 2 is 2.06 bits per heavy atom. The van der Waals surface area contributed by atoms with Crippen molar-refractivity contribution in [3.8, 4) is 0 Å². The van der Waals surface area contributed by atoms with Gasteiger partial charge in [0.2, 0.25) is 0 Å². The van der Waals surface area contributed by atoms with Gasteiger partial charge >= 0.3 is 0 Å². The minimum Gasteiger partial charge on any atom is -0.389 e. The van der Waals surface area contributed by atoms with Crippen molar-refractivity contribution in [3.05, 3.63) is 28.2 Å².